The molecular weight excluding hydrogens is 335 g/mol. The first-order chi connectivity index (χ1) is 12.5. The van der Waals surface area contributed by atoms with E-state index in [-0.39, 0.29) is 22.4 Å². The average Bonchev–Trinajstić information content (AvgIpc) is 2.96. The number of hydrogen-bond acceptors (Lipinski definition) is 5. The van der Waals surface area contributed by atoms with Crippen LogP contribution in [-0.2, 0) is 15.0 Å². The zero-order valence-electron chi connectivity index (χ0n) is 17.1. The van der Waals surface area contributed by atoms with Gasteiger partial charge in [0.05, 0.1) is 36.6 Å². The summed E-state index contributed by atoms with van der Waals surface area (Å²) in [4.78, 5) is 11.7. The van der Waals surface area contributed by atoms with Crippen LogP contribution in [-0.4, -0.2) is 54.2 Å². The van der Waals surface area contributed by atoms with E-state index >= 15 is 0 Å². The number of carbonyl (C=O) groups is 1. The molecule has 0 aliphatic carbocycles. The van der Waals surface area contributed by atoms with Gasteiger partial charge in [-0.3, -0.25) is 9.48 Å². The number of nitrogens with zero attached hydrogens (tertiary/aromatic N) is 3. The molecule has 2 aromatic rings. The Hall–Kier alpha value is -2.55. The quantitative estimate of drug-likeness (QED) is 0.521. The summed E-state index contributed by atoms with van der Waals surface area (Å²) in [6.45, 7) is 3.85. The summed E-state index contributed by atoms with van der Waals surface area (Å²) in [6.07, 6.45) is 0. The summed E-state index contributed by atoms with van der Waals surface area (Å²) < 4.78 is 6.53. The molecule has 136 valence electrons. The Kier molecular flexibility index (Phi) is 5.55. The van der Waals surface area contributed by atoms with Crippen molar-refractivity contribution in [3.05, 3.63) is 35.4 Å². The predicted octanol–water partition coefficient (Wildman–Crippen LogP) is -1.44. The minimum absolute atomic E-state index is 0.114. The molecule has 0 amide bonds. The zero-order valence-corrected chi connectivity index (χ0v) is 17.1. The number of methoxy groups -OCH3 is 1. The van der Waals surface area contributed by atoms with Crippen LogP contribution in [0.2, 0.25) is 5.11 Å². The standard InChI is InChI=1S/C17H24B4N4O2/c1-9(15(26)27-3)10-4-6-11(7-5-10)13-12(8-22)14(23)25(24-13)16(2,18)17(19,20)21/h4-7,9H,18-21,23H2,1-3H3. The van der Waals surface area contributed by atoms with Crippen molar-refractivity contribution in [3.8, 4) is 17.3 Å². The van der Waals surface area contributed by atoms with Crippen molar-refractivity contribution < 1.29 is 9.53 Å². The van der Waals surface area contributed by atoms with Gasteiger partial charge in [-0.15, -0.1) is 0 Å². The number of nitriles is 1. The van der Waals surface area contributed by atoms with Crippen molar-refractivity contribution in [1.82, 2.24) is 9.78 Å². The zero-order chi connectivity index (χ0) is 20.6. The topological polar surface area (TPSA) is 93.9 Å². The van der Waals surface area contributed by atoms with E-state index in [4.69, 9.17) is 15.6 Å². The Morgan fingerprint density at radius 1 is 1.30 bits per heavy atom. The van der Waals surface area contributed by atoms with Gasteiger partial charge in [-0.05, 0) is 19.4 Å². The summed E-state index contributed by atoms with van der Waals surface area (Å²) >= 11 is 0. The van der Waals surface area contributed by atoms with Crippen molar-refractivity contribution in [2.45, 2.75) is 30.3 Å². The number of esters is 1. The van der Waals surface area contributed by atoms with Crippen molar-refractivity contribution in [3.63, 3.8) is 0 Å². The van der Waals surface area contributed by atoms with E-state index in [1.165, 1.54) is 7.11 Å². The first-order valence-electron chi connectivity index (χ1n) is 8.93. The Bertz CT molecular complexity index is 895. The average molecular weight is 360 g/mol. The third-order valence-corrected chi connectivity index (χ3v) is 5.64. The van der Waals surface area contributed by atoms with Gasteiger partial charge in [-0.25, -0.2) is 0 Å². The number of rotatable bonds is 5. The van der Waals surface area contributed by atoms with Gasteiger partial charge in [0, 0.05) is 11.0 Å². The molecule has 1 heterocycles. The summed E-state index contributed by atoms with van der Waals surface area (Å²) in [5, 5.41) is 14.2. The number of nitrogen functional groups attached to an aromatic ring is 1. The summed E-state index contributed by atoms with van der Waals surface area (Å²) in [5.74, 6) is -0.290. The minimum atomic E-state index is -0.389. The van der Waals surface area contributed by atoms with Crippen LogP contribution in [0, 0.1) is 11.3 Å². The summed E-state index contributed by atoms with van der Waals surface area (Å²) in [5.41, 5.74) is 8.43. The molecule has 27 heavy (non-hydrogen) atoms. The highest BCUT2D eigenvalue weighted by atomic mass is 16.5. The van der Waals surface area contributed by atoms with Gasteiger partial charge in [0.25, 0.3) is 0 Å². The fraction of sp³-hybridized carbons (Fsp3) is 0.353. The van der Waals surface area contributed by atoms with E-state index in [2.05, 4.69) is 44.4 Å². The highest BCUT2D eigenvalue weighted by Crippen LogP contribution is 2.37. The maximum Gasteiger partial charge on any atom is 0.312 e. The van der Waals surface area contributed by atoms with E-state index in [0.717, 1.165) is 11.1 Å². The first kappa shape index (κ1) is 20.8. The Balaban J connectivity index is 2.53. The molecule has 0 bridgehead atoms. The fourth-order valence-electron chi connectivity index (χ4n) is 2.73. The van der Waals surface area contributed by atoms with E-state index in [9.17, 15) is 10.1 Å². The largest absolute Gasteiger partial charge is 0.469 e. The number of aromatic nitrogens is 2. The monoisotopic (exact) mass is 360 g/mol. The minimum Gasteiger partial charge on any atom is -0.469 e. The van der Waals surface area contributed by atoms with E-state index in [1.54, 1.807) is 11.6 Å². The van der Waals surface area contributed by atoms with E-state index < -0.39 is 0 Å². The third kappa shape index (κ3) is 3.64. The predicted molar refractivity (Wildman–Crippen MR) is 118 cm³/mol. The molecule has 1 aromatic carbocycles. The first-order valence-corrected chi connectivity index (χ1v) is 8.93. The van der Waals surface area contributed by atoms with Crippen molar-refractivity contribution >= 4 is 43.2 Å². The molecule has 2 N–H and O–H groups in total. The van der Waals surface area contributed by atoms with Crippen LogP contribution in [0.3, 0.4) is 0 Å². The molecule has 0 radical (unpaired) electrons. The molecule has 0 fully saturated rings. The Morgan fingerprint density at radius 3 is 2.30 bits per heavy atom. The molecule has 0 aliphatic rings. The normalized spacial score (nSPS) is 14.7. The second kappa shape index (κ2) is 7.22. The molecule has 2 rings (SSSR count). The van der Waals surface area contributed by atoms with Crippen LogP contribution in [0.1, 0.15) is 30.9 Å². The van der Waals surface area contributed by atoms with Gasteiger partial charge in [0.2, 0.25) is 0 Å². The maximum atomic E-state index is 11.7. The SMILES string of the molecule is BC(B)(B)C(B)(C)n1nc(-c2ccc(C(C)C(=O)OC)cc2)c(C#N)c1N. The van der Waals surface area contributed by atoms with Crippen LogP contribution in [0.5, 0.6) is 0 Å². The highest BCUT2D eigenvalue weighted by Gasteiger charge is 2.37. The van der Waals surface area contributed by atoms with Gasteiger partial charge in [-0.2, -0.15) is 10.4 Å². The molecule has 10 heteroatoms. The molecule has 2 atom stereocenters. The van der Waals surface area contributed by atoms with Gasteiger partial charge in [-0.1, -0.05) is 29.4 Å². The second-order valence-electron chi connectivity index (χ2n) is 8.31. The van der Waals surface area contributed by atoms with Crippen molar-refractivity contribution in [2.75, 3.05) is 12.8 Å². The van der Waals surface area contributed by atoms with Gasteiger partial charge in [0.1, 0.15) is 31.0 Å². The molecule has 1 aromatic heterocycles. The van der Waals surface area contributed by atoms with Crippen molar-refractivity contribution in [2.24, 2.45) is 0 Å². The molecule has 0 spiro atoms. The van der Waals surface area contributed by atoms with Crippen molar-refractivity contribution in [1.29, 1.82) is 5.26 Å². The molecule has 6 nitrogen and oxygen atoms in total. The van der Waals surface area contributed by atoms with E-state index in [1.807, 2.05) is 24.3 Å². The summed E-state index contributed by atoms with van der Waals surface area (Å²) in [6, 6.07) is 9.59. The lowest BCUT2D eigenvalue weighted by atomic mass is 9.31. The Labute approximate surface area is 164 Å². The van der Waals surface area contributed by atoms with Crippen LogP contribution in [0.25, 0.3) is 11.3 Å². The highest BCUT2D eigenvalue weighted by molar-refractivity contribution is 6.62. The lowest BCUT2D eigenvalue weighted by Gasteiger charge is -2.40. The van der Waals surface area contributed by atoms with Crippen LogP contribution >= 0.6 is 0 Å². The lowest BCUT2D eigenvalue weighted by Crippen LogP contribution is -2.46. The molecular formula is C17H24B4N4O2. The number of nitrogens with two attached hydrogens (primary N) is 1. The van der Waals surface area contributed by atoms with E-state index in [0.29, 0.717) is 17.1 Å². The summed E-state index contributed by atoms with van der Waals surface area (Å²) in [7, 11) is 9.77. The van der Waals surface area contributed by atoms with Crippen LogP contribution in [0.15, 0.2) is 24.3 Å². The Morgan fingerprint density at radius 2 is 1.85 bits per heavy atom. The molecule has 2 unspecified atom stereocenters. The lowest BCUT2D eigenvalue weighted by molar-refractivity contribution is -0.141. The third-order valence-electron chi connectivity index (χ3n) is 5.64. The van der Waals surface area contributed by atoms with Gasteiger partial charge in [0.15, 0.2) is 0 Å². The fourth-order valence-corrected chi connectivity index (χ4v) is 2.73. The molecule has 0 saturated heterocycles. The second-order valence-corrected chi connectivity index (χ2v) is 8.31. The molecule has 0 saturated carbocycles. The number of anilines is 1. The number of hydrogen-bond donors (Lipinski definition) is 1. The number of benzene rings is 1. The number of ether oxygens (including phenoxy) is 1. The van der Waals surface area contributed by atoms with Gasteiger partial charge >= 0.3 is 5.97 Å². The molecule has 0 aliphatic heterocycles. The smallest absolute Gasteiger partial charge is 0.312 e. The van der Waals surface area contributed by atoms with Crippen LogP contribution in [0.4, 0.5) is 5.82 Å². The van der Waals surface area contributed by atoms with Crippen LogP contribution < -0.4 is 5.73 Å². The maximum absolute atomic E-state index is 11.7. The number of carbonyl (C=O) groups excluding carboxylic acids is 1. The van der Waals surface area contributed by atoms with Gasteiger partial charge < -0.3 is 10.5 Å².